The number of ether oxygens (including phenoxy) is 2. The molecule has 2 rings (SSSR count). The normalized spacial score (nSPS) is 24.0. The van der Waals surface area contributed by atoms with Gasteiger partial charge in [0.05, 0.1) is 11.5 Å². The first-order valence-electron chi connectivity index (χ1n) is 5.15. The van der Waals surface area contributed by atoms with Gasteiger partial charge in [-0.15, -0.1) is 11.3 Å². The molecule has 3 nitrogen and oxygen atoms in total. The van der Waals surface area contributed by atoms with Crippen molar-refractivity contribution in [2.24, 2.45) is 0 Å². The highest BCUT2D eigenvalue weighted by Crippen LogP contribution is 2.23. The second-order valence-corrected chi connectivity index (χ2v) is 5.02. The lowest BCUT2D eigenvalue weighted by Gasteiger charge is -2.15. The van der Waals surface area contributed by atoms with E-state index < -0.39 is 5.79 Å². The average molecular weight is 238 g/mol. The van der Waals surface area contributed by atoms with E-state index in [-0.39, 0.29) is 11.9 Å². The fourth-order valence-corrected chi connectivity index (χ4v) is 2.15. The Bertz CT molecular complexity index is 392. The largest absolute Gasteiger partial charge is 0.347 e. The molecule has 1 fully saturated rings. The van der Waals surface area contributed by atoms with E-state index >= 15 is 0 Å². The standard InChI is InChI=1S/C12H14O3S/c1-12(2)14-8-9(15-12)5-6-10(13)11-4-3-7-16-11/h3-7,9H,8H2,1-2H3/b6-5+/t9-/m0/s1. The highest BCUT2D eigenvalue weighted by Gasteiger charge is 2.31. The Morgan fingerprint density at radius 3 is 3.00 bits per heavy atom. The molecule has 2 heterocycles. The van der Waals surface area contributed by atoms with Gasteiger partial charge in [-0.3, -0.25) is 4.79 Å². The van der Waals surface area contributed by atoms with Crippen LogP contribution in [-0.2, 0) is 9.47 Å². The van der Waals surface area contributed by atoms with Gasteiger partial charge in [-0.05, 0) is 37.4 Å². The van der Waals surface area contributed by atoms with E-state index in [4.69, 9.17) is 9.47 Å². The van der Waals surface area contributed by atoms with Crippen molar-refractivity contribution in [1.82, 2.24) is 0 Å². The van der Waals surface area contributed by atoms with Gasteiger partial charge in [0, 0.05) is 0 Å². The molecule has 4 heteroatoms. The Hall–Kier alpha value is -0.970. The summed E-state index contributed by atoms with van der Waals surface area (Å²) in [6.07, 6.45) is 3.19. The third kappa shape index (κ3) is 2.78. The van der Waals surface area contributed by atoms with Crippen LogP contribution in [0.4, 0.5) is 0 Å². The molecule has 16 heavy (non-hydrogen) atoms. The third-order valence-electron chi connectivity index (χ3n) is 2.26. The van der Waals surface area contributed by atoms with Gasteiger partial charge in [-0.2, -0.15) is 0 Å². The molecule has 0 radical (unpaired) electrons. The number of thiophene rings is 1. The van der Waals surface area contributed by atoms with Crippen LogP contribution in [0.3, 0.4) is 0 Å². The van der Waals surface area contributed by atoms with Crippen molar-refractivity contribution in [3.63, 3.8) is 0 Å². The van der Waals surface area contributed by atoms with Gasteiger partial charge in [0.1, 0.15) is 6.10 Å². The molecule has 1 aliphatic heterocycles. The lowest BCUT2D eigenvalue weighted by atomic mass is 10.2. The summed E-state index contributed by atoms with van der Waals surface area (Å²) >= 11 is 1.44. The molecule has 0 unspecified atom stereocenters. The van der Waals surface area contributed by atoms with Crippen molar-refractivity contribution in [3.05, 3.63) is 34.5 Å². The molecule has 0 bridgehead atoms. The number of rotatable bonds is 3. The van der Waals surface area contributed by atoms with Crippen LogP contribution in [0.25, 0.3) is 0 Å². The summed E-state index contributed by atoms with van der Waals surface area (Å²) in [7, 11) is 0. The Morgan fingerprint density at radius 1 is 1.62 bits per heavy atom. The number of hydrogen-bond acceptors (Lipinski definition) is 4. The van der Waals surface area contributed by atoms with Crippen LogP contribution in [-0.4, -0.2) is 24.3 Å². The monoisotopic (exact) mass is 238 g/mol. The molecule has 86 valence electrons. The maximum absolute atomic E-state index is 11.7. The number of ketones is 1. The van der Waals surface area contributed by atoms with E-state index in [0.717, 1.165) is 4.88 Å². The fourth-order valence-electron chi connectivity index (χ4n) is 1.51. The molecule has 0 saturated carbocycles. The molecular weight excluding hydrogens is 224 g/mol. The number of allylic oxidation sites excluding steroid dienone is 1. The number of carbonyl (C=O) groups excluding carboxylic acids is 1. The Balaban J connectivity index is 1.93. The third-order valence-corrected chi connectivity index (χ3v) is 3.14. The molecule has 1 aromatic heterocycles. The van der Waals surface area contributed by atoms with Crippen LogP contribution in [0, 0.1) is 0 Å². The zero-order chi connectivity index (χ0) is 11.6. The Labute approximate surface area is 98.7 Å². The van der Waals surface area contributed by atoms with E-state index in [1.165, 1.54) is 11.3 Å². The zero-order valence-corrected chi connectivity index (χ0v) is 10.1. The van der Waals surface area contributed by atoms with Crippen LogP contribution in [0.5, 0.6) is 0 Å². The van der Waals surface area contributed by atoms with Gasteiger partial charge in [0.25, 0.3) is 0 Å². The van der Waals surface area contributed by atoms with Gasteiger partial charge in [0.2, 0.25) is 0 Å². The topological polar surface area (TPSA) is 35.5 Å². The summed E-state index contributed by atoms with van der Waals surface area (Å²) in [6, 6.07) is 3.68. The van der Waals surface area contributed by atoms with Crippen molar-refractivity contribution in [2.75, 3.05) is 6.61 Å². The molecule has 1 aromatic rings. The highest BCUT2D eigenvalue weighted by molar-refractivity contribution is 7.12. The number of carbonyl (C=O) groups is 1. The maximum atomic E-state index is 11.7. The smallest absolute Gasteiger partial charge is 0.195 e. The lowest BCUT2D eigenvalue weighted by molar-refractivity contribution is -0.133. The van der Waals surface area contributed by atoms with Crippen LogP contribution in [0.1, 0.15) is 23.5 Å². The SMILES string of the molecule is CC1(C)OC[C@H](/C=C/C(=O)c2cccs2)O1. The number of hydrogen-bond donors (Lipinski definition) is 0. The van der Waals surface area contributed by atoms with Crippen molar-refractivity contribution in [1.29, 1.82) is 0 Å². The summed E-state index contributed by atoms with van der Waals surface area (Å²) in [5.41, 5.74) is 0. The highest BCUT2D eigenvalue weighted by atomic mass is 32.1. The van der Waals surface area contributed by atoms with Crippen LogP contribution in [0.15, 0.2) is 29.7 Å². The van der Waals surface area contributed by atoms with Gasteiger partial charge < -0.3 is 9.47 Å². The van der Waals surface area contributed by atoms with E-state index in [0.29, 0.717) is 6.61 Å². The first-order chi connectivity index (χ1) is 7.57. The molecule has 1 aliphatic rings. The first kappa shape index (κ1) is 11.5. The van der Waals surface area contributed by atoms with Gasteiger partial charge >= 0.3 is 0 Å². The average Bonchev–Trinajstić information content (AvgIpc) is 2.83. The Kier molecular flexibility index (Phi) is 3.23. The molecule has 1 saturated heterocycles. The van der Waals surface area contributed by atoms with Gasteiger partial charge in [0.15, 0.2) is 11.6 Å². The minimum absolute atomic E-state index is 0.0170. The predicted molar refractivity (Wildman–Crippen MR) is 62.7 cm³/mol. The summed E-state index contributed by atoms with van der Waals surface area (Å²) in [4.78, 5) is 12.4. The van der Waals surface area contributed by atoms with E-state index in [1.54, 1.807) is 12.2 Å². The van der Waals surface area contributed by atoms with Crippen LogP contribution in [0.2, 0.25) is 0 Å². The van der Waals surface area contributed by atoms with Crippen LogP contribution >= 0.6 is 11.3 Å². The summed E-state index contributed by atoms with van der Waals surface area (Å²) in [5, 5.41) is 1.89. The van der Waals surface area contributed by atoms with E-state index in [1.807, 2.05) is 31.4 Å². The molecule has 0 aromatic carbocycles. The van der Waals surface area contributed by atoms with Crippen molar-refractivity contribution >= 4 is 17.1 Å². The van der Waals surface area contributed by atoms with Crippen LogP contribution < -0.4 is 0 Å². The zero-order valence-electron chi connectivity index (χ0n) is 9.30. The van der Waals surface area contributed by atoms with Crippen molar-refractivity contribution in [3.8, 4) is 0 Å². The van der Waals surface area contributed by atoms with E-state index in [2.05, 4.69) is 0 Å². The minimum atomic E-state index is -0.541. The lowest BCUT2D eigenvalue weighted by Crippen LogP contribution is -2.20. The summed E-state index contributed by atoms with van der Waals surface area (Å²) in [5.74, 6) is -0.524. The van der Waals surface area contributed by atoms with Gasteiger partial charge in [-0.1, -0.05) is 6.07 Å². The second-order valence-electron chi connectivity index (χ2n) is 4.07. The molecule has 0 N–H and O–H groups in total. The quantitative estimate of drug-likeness (QED) is 0.600. The molecule has 0 spiro atoms. The van der Waals surface area contributed by atoms with E-state index in [9.17, 15) is 4.79 Å². The Morgan fingerprint density at radius 2 is 2.44 bits per heavy atom. The summed E-state index contributed by atoms with van der Waals surface area (Å²) in [6.45, 7) is 4.23. The predicted octanol–water partition coefficient (Wildman–Crippen LogP) is 2.64. The minimum Gasteiger partial charge on any atom is -0.347 e. The molecule has 1 atom stereocenters. The maximum Gasteiger partial charge on any atom is 0.195 e. The van der Waals surface area contributed by atoms with Crippen molar-refractivity contribution < 1.29 is 14.3 Å². The second kappa shape index (κ2) is 4.49. The first-order valence-corrected chi connectivity index (χ1v) is 6.03. The molecular formula is C12H14O3S. The van der Waals surface area contributed by atoms with Gasteiger partial charge in [-0.25, -0.2) is 0 Å². The van der Waals surface area contributed by atoms with Crippen molar-refractivity contribution in [2.45, 2.75) is 25.7 Å². The summed E-state index contributed by atoms with van der Waals surface area (Å²) < 4.78 is 11.0. The molecule has 0 aliphatic carbocycles. The fraction of sp³-hybridized carbons (Fsp3) is 0.417. The molecule has 0 amide bonds.